The third-order valence-corrected chi connectivity index (χ3v) is 7.32. The van der Waals surface area contributed by atoms with Gasteiger partial charge >= 0.3 is 0 Å². The van der Waals surface area contributed by atoms with Crippen molar-refractivity contribution in [2.75, 3.05) is 27.4 Å². The zero-order valence-corrected chi connectivity index (χ0v) is 23.8. The van der Waals surface area contributed by atoms with E-state index in [-0.39, 0.29) is 0 Å². The van der Waals surface area contributed by atoms with Gasteiger partial charge in [0.15, 0.2) is 23.0 Å². The molecule has 0 aliphatic rings. The average Bonchev–Trinajstić information content (AvgIpc) is 3.05. The molecule has 4 aromatic carbocycles. The van der Waals surface area contributed by atoms with E-state index in [0.717, 1.165) is 11.1 Å². The predicted octanol–water partition coefficient (Wildman–Crippen LogP) is 4.85. The fraction of sp³-hybridized carbons (Fsp3) is 0.294. The van der Waals surface area contributed by atoms with E-state index in [2.05, 4.69) is 0 Å². The monoisotopic (exact) mass is 574 g/mol. The molecular weight excluding hydrogens is 536 g/mol. The fourth-order valence-electron chi connectivity index (χ4n) is 4.88. The number of hydrogen-bond acceptors (Lipinski definition) is 8. The van der Waals surface area contributed by atoms with Gasteiger partial charge in [-0.2, -0.15) is 0 Å². The second-order valence-electron chi connectivity index (χ2n) is 9.95. The van der Waals surface area contributed by atoms with Gasteiger partial charge in [0.25, 0.3) is 0 Å². The summed E-state index contributed by atoms with van der Waals surface area (Å²) in [5.41, 5.74) is 2.89. The summed E-state index contributed by atoms with van der Waals surface area (Å²) >= 11 is 0. The van der Waals surface area contributed by atoms with Gasteiger partial charge in [0.05, 0.1) is 26.4 Å². The van der Waals surface area contributed by atoms with E-state index in [9.17, 15) is 20.4 Å². The lowest BCUT2D eigenvalue weighted by Gasteiger charge is -2.32. The first-order valence-corrected chi connectivity index (χ1v) is 13.8. The fourth-order valence-corrected chi connectivity index (χ4v) is 4.88. The Morgan fingerprint density at radius 3 is 1.24 bits per heavy atom. The molecule has 8 nitrogen and oxygen atoms in total. The highest BCUT2D eigenvalue weighted by atomic mass is 16.5. The van der Waals surface area contributed by atoms with Crippen LogP contribution < -0.4 is 18.9 Å². The van der Waals surface area contributed by atoms with Crippen molar-refractivity contribution >= 4 is 0 Å². The van der Waals surface area contributed by atoms with Gasteiger partial charge in [0.1, 0.15) is 13.2 Å². The largest absolute Gasteiger partial charge is 0.493 e. The highest BCUT2D eigenvalue weighted by Crippen LogP contribution is 2.40. The first-order chi connectivity index (χ1) is 20.5. The van der Waals surface area contributed by atoms with Gasteiger partial charge in [-0.3, -0.25) is 0 Å². The van der Waals surface area contributed by atoms with Gasteiger partial charge in [0, 0.05) is 25.0 Å². The summed E-state index contributed by atoms with van der Waals surface area (Å²) < 4.78 is 22.8. The molecule has 42 heavy (non-hydrogen) atoms. The molecule has 4 N–H and O–H groups in total. The zero-order valence-electron chi connectivity index (χ0n) is 23.8. The first kappa shape index (κ1) is 30.9. The molecule has 4 atom stereocenters. The second kappa shape index (κ2) is 15.2. The third kappa shape index (κ3) is 7.60. The number of rotatable bonds is 15. The lowest BCUT2D eigenvalue weighted by molar-refractivity contribution is -0.0425. The van der Waals surface area contributed by atoms with Gasteiger partial charge in [-0.15, -0.1) is 0 Å². The Balaban J connectivity index is 1.49. The van der Waals surface area contributed by atoms with Gasteiger partial charge in [0.2, 0.25) is 0 Å². The minimum absolute atomic E-state index is 0.344. The molecule has 0 spiro atoms. The van der Waals surface area contributed by atoms with Crippen LogP contribution in [-0.2, 0) is 13.2 Å². The summed E-state index contributed by atoms with van der Waals surface area (Å²) in [4.78, 5) is 0. The molecular formula is C34H38O8. The molecule has 4 rings (SSSR count). The van der Waals surface area contributed by atoms with Crippen LogP contribution in [0.15, 0.2) is 97.1 Å². The lowest BCUT2D eigenvalue weighted by atomic mass is 9.80. The molecule has 0 bridgehead atoms. The smallest absolute Gasteiger partial charge is 0.161 e. The highest BCUT2D eigenvalue weighted by Gasteiger charge is 2.35. The summed E-state index contributed by atoms with van der Waals surface area (Å²) in [7, 11) is 3.01. The van der Waals surface area contributed by atoms with Crippen molar-refractivity contribution in [2.45, 2.75) is 25.4 Å². The topological polar surface area (TPSA) is 118 Å². The molecule has 0 aliphatic carbocycles. The number of hydrogen-bond donors (Lipinski definition) is 4. The minimum atomic E-state index is -1.21. The van der Waals surface area contributed by atoms with Crippen LogP contribution in [0, 0.1) is 11.8 Å². The van der Waals surface area contributed by atoms with Crippen molar-refractivity contribution in [3.8, 4) is 23.0 Å². The van der Waals surface area contributed by atoms with Crippen molar-refractivity contribution < 1.29 is 39.4 Å². The number of methoxy groups -OCH3 is 2. The van der Waals surface area contributed by atoms with E-state index in [0.29, 0.717) is 47.3 Å². The zero-order chi connectivity index (χ0) is 29.9. The first-order valence-electron chi connectivity index (χ1n) is 13.8. The van der Waals surface area contributed by atoms with Crippen molar-refractivity contribution in [1.82, 2.24) is 0 Å². The number of aliphatic hydroxyl groups is 4. The van der Waals surface area contributed by atoms with E-state index < -0.39 is 37.3 Å². The molecule has 0 saturated carbocycles. The van der Waals surface area contributed by atoms with Crippen LogP contribution in [0.25, 0.3) is 0 Å². The Kier molecular flexibility index (Phi) is 11.2. The standard InChI is InChI=1S/C34H38O8/c1-39-31-17-25(13-15-29(31)41-21-23-9-5-3-6-10-23)33(37)27(19-35)28(20-36)34(38)26-14-16-30(32(18-26)40-2)42-22-24-11-7-4-8-12-24/h3-18,27-28,33-38H,19-22H2,1-2H3/t27-,28+,33?,34?. The molecule has 2 unspecified atom stereocenters. The Bertz CT molecular complexity index is 1270. The molecule has 0 aliphatic heterocycles. The Morgan fingerprint density at radius 2 is 0.905 bits per heavy atom. The van der Waals surface area contributed by atoms with Crippen molar-refractivity contribution in [2.24, 2.45) is 11.8 Å². The van der Waals surface area contributed by atoms with Crippen molar-refractivity contribution in [3.05, 3.63) is 119 Å². The lowest BCUT2D eigenvalue weighted by Crippen LogP contribution is -2.32. The van der Waals surface area contributed by atoms with Crippen LogP contribution >= 0.6 is 0 Å². The highest BCUT2D eigenvalue weighted by molar-refractivity contribution is 5.45. The van der Waals surface area contributed by atoms with Crippen molar-refractivity contribution in [1.29, 1.82) is 0 Å². The maximum absolute atomic E-state index is 11.3. The van der Waals surface area contributed by atoms with Gasteiger partial charge < -0.3 is 39.4 Å². The van der Waals surface area contributed by atoms with Crippen LogP contribution in [0.3, 0.4) is 0 Å². The van der Waals surface area contributed by atoms with Crippen LogP contribution in [0.2, 0.25) is 0 Å². The van der Waals surface area contributed by atoms with E-state index in [1.54, 1.807) is 36.4 Å². The third-order valence-electron chi connectivity index (χ3n) is 7.32. The maximum Gasteiger partial charge on any atom is 0.161 e. The molecule has 0 aromatic heterocycles. The predicted molar refractivity (Wildman–Crippen MR) is 159 cm³/mol. The number of ether oxygens (including phenoxy) is 4. The summed E-state index contributed by atoms with van der Waals surface area (Å²) in [6.07, 6.45) is -2.43. The van der Waals surface area contributed by atoms with Crippen molar-refractivity contribution in [3.63, 3.8) is 0 Å². The number of aliphatic hydroxyl groups excluding tert-OH is 4. The molecule has 0 saturated heterocycles. The van der Waals surface area contributed by atoms with Gasteiger partial charge in [-0.1, -0.05) is 72.8 Å². The van der Waals surface area contributed by atoms with Crippen LogP contribution in [0.5, 0.6) is 23.0 Å². The quantitative estimate of drug-likeness (QED) is 0.159. The van der Waals surface area contributed by atoms with E-state index in [4.69, 9.17) is 18.9 Å². The molecule has 8 heteroatoms. The van der Waals surface area contributed by atoms with Crippen LogP contribution in [0.4, 0.5) is 0 Å². The van der Waals surface area contributed by atoms with E-state index in [1.807, 2.05) is 60.7 Å². The molecule has 0 fully saturated rings. The molecule has 4 aromatic rings. The SMILES string of the molecule is COc1cc(C(O)[C@@H](CO)[C@@H](CO)C(O)c2ccc(OCc3ccccc3)c(OC)c2)ccc1OCc1ccccc1. The summed E-state index contributed by atoms with van der Waals surface area (Å²) in [6, 6.07) is 29.4. The van der Waals surface area contributed by atoms with E-state index >= 15 is 0 Å². The van der Waals surface area contributed by atoms with Crippen LogP contribution in [-0.4, -0.2) is 47.9 Å². The Morgan fingerprint density at radius 1 is 0.524 bits per heavy atom. The summed E-state index contributed by atoms with van der Waals surface area (Å²) in [5.74, 6) is 0.0281. The molecule has 222 valence electrons. The minimum Gasteiger partial charge on any atom is -0.493 e. The van der Waals surface area contributed by atoms with Crippen LogP contribution in [0.1, 0.15) is 34.5 Å². The number of benzene rings is 4. The second-order valence-corrected chi connectivity index (χ2v) is 9.95. The normalized spacial score (nSPS) is 14.0. The molecule has 0 amide bonds. The summed E-state index contributed by atoms with van der Waals surface area (Å²) in [6.45, 7) is -0.270. The molecule has 0 radical (unpaired) electrons. The maximum atomic E-state index is 11.3. The Hall–Kier alpha value is -4.08. The van der Waals surface area contributed by atoms with E-state index in [1.165, 1.54) is 14.2 Å². The van der Waals surface area contributed by atoms with Gasteiger partial charge in [-0.25, -0.2) is 0 Å². The average molecular weight is 575 g/mol. The van der Waals surface area contributed by atoms with Gasteiger partial charge in [-0.05, 0) is 46.5 Å². The Labute approximate surface area is 246 Å². The molecule has 0 heterocycles. The summed E-state index contributed by atoms with van der Waals surface area (Å²) in [5, 5.41) is 43.2.